The molecule has 0 amide bonds. The molecule has 1 aliphatic rings. The Labute approximate surface area is 419 Å². The van der Waals surface area contributed by atoms with E-state index in [0.717, 1.165) is 56.6 Å². The Morgan fingerprint density at radius 1 is 0.301 bits per heavy atom. The predicted octanol–water partition coefficient (Wildman–Crippen LogP) is 19.0. The summed E-state index contributed by atoms with van der Waals surface area (Å²) in [6, 6.07) is 69.1. The van der Waals surface area contributed by atoms with Crippen LogP contribution in [-0.2, 0) is 17.8 Å². The molecule has 0 aromatic heterocycles. The SMILES string of the molecule is Cc1ccc(-c2ccc(Oc3ccc(C4(c5ccc(Oc6ccc(-c7ccc(C)cc7)cc6C(F)(F)F)c(-c6ccccc6)c5)c5ccccc5-c5ccccc54)cc3-c3ccccc3)c(C(F)(F)F)c2)cc1. The van der Waals surface area contributed by atoms with Gasteiger partial charge in [-0.2, -0.15) is 26.3 Å². The van der Waals surface area contributed by atoms with E-state index in [0.29, 0.717) is 44.5 Å². The molecule has 2 nitrogen and oxygen atoms in total. The maximum absolute atomic E-state index is 15.1. The zero-order valence-corrected chi connectivity index (χ0v) is 39.5. The predicted molar refractivity (Wildman–Crippen MR) is 278 cm³/mol. The number of rotatable bonds is 10. The van der Waals surface area contributed by atoms with Crippen LogP contribution in [0.2, 0.25) is 0 Å². The van der Waals surface area contributed by atoms with Crippen LogP contribution in [-0.4, -0.2) is 0 Å². The van der Waals surface area contributed by atoms with Gasteiger partial charge >= 0.3 is 12.4 Å². The molecule has 0 fully saturated rings. The summed E-state index contributed by atoms with van der Waals surface area (Å²) in [6.45, 7) is 3.84. The van der Waals surface area contributed by atoms with Crippen molar-refractivity contribution < 1.29 is 35.8 Å². The van der Waals surface area contributed by atoms with Crippen LogP contribution in [0.25, 0.3) is 55.6 Å². The first kappa shape index (κ1) is 46.7. The minimum absolute atomic E-state index is 0.209. The van der Waals surface area contributed by atoms with E-state index in [-0.39, 0.29) is 23.0 Å². The molecule has 73 heavy (non-hydrogen) atoms. The highest BCUT2D eigenvalue weighted by atomic mass is 19.4. The Kier molecular flexibility index (Phi) is 11.9. The molecule has 0 bridgehead atoms. The van der Waals surface area contributed by atoms with Crippen LogP contribution >= 0.6 is 0 Å². The summed E-state index contributed by atoms with van der Waals surface area (Å²) in [6.07, 6.45) is -9.48. The van der Waals surface area contributed by atoms with Crippen LogP contribution in [0, 0.1) is 13.8 Å². The highest BCUT2D eigenvalue weighted by Crippen LogP contribution is 2.58. The van der Waals surface area contributed by atoms with E-state index in [2.05, 4.69) is 24.3 Å². The van der Waals surface area contributed by atoms with E-state index in [1.165, 1.54) is 12.1 Å². The lowest BCUT2D eigenvalue weighted by Gasteiger charge is -2.35. The molecule has 10 aromatic carbocycles. The van der Waals surface area contributed by atoms with Gasteiger partial charge in [0.05, 0.1) is 16.5 Å². The average Bonchev–Trinajstić information content (AvgIpc) is 3.70. The number of hydrogen-bond acceptors (Lipinski definition) is 2. The average molecular weight is 971 g/mol. The molecule has 8 heteroatoms. The summed E-state index contributed by atoms with van der Waals surface area (Å²) >= 11 is 0. The highest BCUT2D eigenvalue weighted by Gasteiger charge is 2.47. The molecule has 0 radical (unpaired) electrons. The van der Waals surface area contributed by atoms with Crippen LogP contribution in [0.4, 0.5) is 26.3 Å². The molecule has 11 rings (SSSR count). The summed E-state index contributed by atoms with van der Waals surface area (Å²) in [4.78, 5) is 0. The summed E-state index contributed by atoms with van der Waals surface area (Å²) in [5.41, 5.74) is 9.09. The zero-order valence-electron chi connectivity index (χ0n) is 39.5. The van der Waals surface area contributed by atoms with E-state index in [1.54, 1.807) is 48.5 Å². The Bertz CT molecular complexity index is 3410. The van der Waals surface area contributed by atoms with Gasteiger partial charge in [0, 0.05) is 11.1 Å². The van der Waals surface area contributed by atoms with Crippen molar-refractivity contribution in [2.45, 2.75) is 31.6 Å². The fourth-order valence-electron chi connectivity index (χ4n) is 10.2. The second-order valence-corrected chi connectivity index (χ2v) is 18.3. The topological polar surface area (TPSA) is 18.5 Å². The van der Waals surface area contributed by atoms with Gasteiger partial charge in [0.1, 0.15) is 23.0 Å². The van der Waals surface area contributed by atoms with E-state index in [4.69, 9.17) is 9.47 Å². The molecule has 0 saturated heterocycles. The van der Waals surface area contributed by atoms with Crippen LogP contribution in [0.15, 0.2) is 231 Å². The van der Waals surface area contributed by atoms with Gasteiger partial charge in [-0.25, -0.2) is 0 Å². The van der Waals surface area contributed by atoms with Crippen molar-refractivity contribution in [3.8, 4) is 78.6 Å². The smallest absolute Gasteiger partial charge is 0.420 e. The first-order valence-electron chi connectivity index (χ1n) is 23.8. The molecular weight excluding hydrogens is 927 g/mol. The molecule has 0 N–H and O–H groups in total. The molecule has 0 atom stereocenters. The van der Waals surface area contributed by atoms with E-state index < -0.39 is 28.9 Å². The number of benzene rings is 10. The third-order valence-corrected chi connectivity index (χ3v) is 13.7. The van der Waals surface area contributed by atoms with Crippen molar-refractivity contribution in [2.24, 2.45) is 0 Å². The fraction of sp³-hybridized carbons (Fsp3) is 0.0769. The number of hydrogen-bond donors (Lipinski definition) is 0. The Hall–Kier alpha value is -8.62. The third kappa shape index (κ3) is 8.73. The molecule has 0 heterocycles. The summed E-state index contributed by atoms with van der Waals surface area (Å²) < 4.78 is 103. The lowest BCUT2D eigenvalue weighted by atomic mass is 9.67. The Balaban J connectivity index is 1.10. The molecule has 358 valence electrons. The van der Waals surface area contributed by atoms with Crippen molar-refractivity contribution >= 4 is 0 Å². The number of aryl methyl sites for hydroxylation is 2. The quantitative estimate of drug-likeness (QED) is 0.127. The lowest BCUT2D eigenvalue weighted by molar-refractivity contribution is -0.139. The highest BCUT2D eigenvalue weighted by molar-refractivity contribution is 5.88. The van der Waals surface area contributed by atoms with E-state index in [1.807, 2.05) is 147 Å². The molecule has 0 unspecified atom stereocenters. The van der Waals surface area contributed by atoms with Crippen molar-refractivity contribution in [1.82, 2.24) is 0 Å². The van der Waals surface area contributed by atoms with Gasteiger partial charge in [-0.15, -0.1) is 0 Å². The Morgan fingerprint density at radius 2 is 0.644 bits per heavy atom. The van der Waals surface area contributed by atoms with Gasteiger partial charge in [-0.3, -0.25) is 0 Å². The molecule has 0 spiro atoms. The van der Waals surface area contributed by atoms with Crippen molar-refractivity contribution in [2.75, 3.05) is 0 Å². The third-order valence-electron chi connectivity index (χ3n) is 13.7. The van der Waals surface area contributed by atoms with Crippen molar-refractivity contribution in [3.63, 3.8) is 0 Å². The maximum atomic E-state index is 15.1. The van der Waals surface area contributed by atoms with Gasteiger partial charge in [-0.05, 0) is 129 Å². The summed E-state index contributed by atoms with van der Waals surface area (Å²) in [7, 11) is 0. The molecule has 10 aromatic rings. The minimum Gasteiger partial charge on any atom is -0.456 e. The monoisotopic (exact) mass is 970 g/mol. The minimum atomic E-state index is -4.74. The summed E-state index contributed by atoms with van der Waals surface area (Å²) in [5, 5.41) is 0. The number of fused-ring (bicyclic) bond motifs is 3. The van der Waals surface area contributed by atoms with Crippen LogP contribution in [0.3, 0.4) is 0 Å². The fourth-order valence-corrected chi connectivity index (χ4v) is 10.2. The molecular formula is C65H44F6O2. The molecule has 0 saturated carbocycles. The lowest BCUT2D eigenvalue weighted by Crippen LogP contribution is -2.28. The number of alkyl halides is 6. The first-order chi connectivity index (χ1) is 35.3. The largest absolute Gasteiger partial charge is 0.456 e. The second kappa shape index (κ2) is 18.5. The zero-order chi connectivity index (χ0) is 50.5. The van der Waals surface area contributed by atoms with Gasteiger partial charge < -0.3 is 9.47 Å². The number of ether oxygens (including phenoxy) is 2. The maximum Gasteiger partial charge on any atom is 0.420 e. The van der Waals surface area contributed by atoms with Gasteiger partial charge in [0.2, 0.25) is 0 Å². The second-order valence-electron chi connectivity index (χ2n) is 18.3. The van der Waals surface area contributed by atoms with Crippen LogP contribution in [0.1, 0.15) is 44.5 Å². The van der Waals surface area contributed by atoms with E-state index in [9.17, 15) is 0 Å². The summed E-state index contributed by atoms with van der Waals surface area (Å²) in [5.74, 6) is -0.274. The van der Waals surface area contributed by atoms with E-state index >= 15 is 26.3 Å². The Morgan fingerprint density at radius 3 is 1.03 bits per heavy atom. The molecule has 1 aliphatic carbocycles. The normalized spacial score (nSPS) is 12.8. The first-order valence-corrected chi connectivity index (χ1v) is 23.8. The van der Waals surface area contributed by atoms with Gasteiger partial charge in [-0.1, -0.05) is 193 Å². The van der Waals surface area contributed by atoms with Crippen LogP contribution < -0.4 is 9.47 Å². The van der Waals surface area contributed by atoms with Gasteiger partial charge in [0.15, 0.2) is 0 Å². The van der Waals surface area contributed by atoms with Crippen molar-refractivity contribution in [1.29, 1.82) is 0 Å². The van der Waals surface area contributed by atoms with Crippen molar-refractivity contribution in [3.05, 3.63) is 275 Å². The number of halogens is 6. The standard InChI is InChI=1S/C65H44F6O2/c1-41-21-25-43(26-22-41)47-29-33-61(57(37-47)64(66,67)68)72-59-35-31-49(39-53(59)45-13-5-3-6-14-45)63(55-19-11-9-17-51(55)52-18-10-12-20-56(52)63)50-32-36-60(54(40-50)46-15-7-4-8-16-46)73-62-34-30-48(38-58(62)65(69,70)71)44-27-23-42(2)24-28-44/h3-40H,1-2H3. The van der Waals surface area contributed by atoms with Gasteiger partial charge in [0.25, 0.3) is 0 Å². The van der Waals surface area contributed by atoms with Crippen LogP contribution in [0.5, 0.6) is 23.0 Å². The molecule has 0 aliphatic heterocycles.